The van der Waals surface area contributed by atoms with Crippen molar-refractivity contribution < 1.29 is 0 Å². The van der Waals surface area contributed by atoms with Gasteiger partial charge in [0.15, 0.2) is 0 Å². The Labute approximate surface area is 120 Å². The van der Waals surface area contributed by atoms with Crippen molar-refractivity contribution in [3.8, 4) is 0 Å². The fourth-order valence-corrected chi connectivity index (χ4v) is 2.72. The minimum absolute atomic E-state index is 0.992. The molecule has 0 amide bonds. The molecule has 0 unspecified atom stereocenters. The van der Waals surface area contributed by atoms with Crippen molar-refractivity contribution in [2.45, 2.75) is 13.3 Å². The molecule has 3 heteroatoms. The fourth-order valence-electron chi connectivity index (χ4n) is 2.02. The maximum Gasteiger partial charge on any atom is 0.0370 e. The summed E-state index contributed by atoms with van der Waals surface area (Å²) < 4.78 is 0. The SMILES string of the molecule is Cc1ccccc1NCCN(C)CCc1cccs1. The second-order valence-corrected chi connectivity index (χ2v) is 5.91. The molecule has 1 aromatic heterocycles. The monoisotopic (exact) mass is 274 g/mol. The van der Waals surface area contributed by atoms with Crippen LogP contribution in [-0.2, 0) is 6.42 Å². The normalized spacial score (nSPS) is 10.9. The van der Waals surface area contributed by atoms with Gasteiger partial charge in [0.2, 0.25) is 0 Å². The van der Waals surface area contributed by atoms with Crippen LogP contribution in [0.5, 0.6) is 0 Å². The van der Waals surface area contributed by atoms with Gasteiger partial charge in [-0.2, -0.15) is 0 Å². The molecule has 2 rings (SSSR count). The minimum atomic E-state index is 0.992. The zero-order valence-electron chi connectivity index (χ0n) is 11.7. The van der Waals surface area contributed by atoms with E-state index in [1.165, 1.54) is 16.1 Å². The predicted octanol–water partition coefficient (Wildman–Crippen LogP) is 3.64. The van der Waals surface area contributed by atoms with Crippen LogP contribution >= 0.6 is 11.3 Å². The molecule has 0 aliphatic heterocycles. The van der Waals surface area contributed by atoms with E-state index in [0.29, 0.717) is 0 Å². The summed E-state index contributed by atoms with van der Waals surface area (Å²) in [6, 6.07) is 12.8. The average molecular weight is 274 g/mol. The molecule has 0 atom stereocenters. The maximum atomic E-state index is 3.50. The van der Waals surface area contributed by atoms with Crippen molar-refractivity contribution in [2.24, 2.45) is 0 Å². The molecule has 1 N–H and O–H groups in total. The molecule has 0 aliphatic carbocycles. The molecular weight excluding hydrogens is 252 g/mol. The summed E-state index contributed by atoms with van der Waals surface area (Å²) in [5.41, 5.74) is 2.55. The predicted molar refractivity (Wildman–Crippen MR) is 85.2 cm³/mol. The van der Waals surface area contributed by atoms with Gasteiger partial charge in [-0.3, -0.25) is 0 Å². The lowest BCUT2D eigenvalue weighted by molar-refractivity contribution is 0.352. The molecule has 102 valence electrons. The van der Waals surface area contributed by atoms with Crippen molar-refractivity contribution in [1.82, 2.24) is 4.90 Å². The molecule has 0 saturated heterocycles. The summed E-state index contributed by atoms with van der Waals surface area (Å²) in [7, 11) is 2.19. The van der Waals surface area contributed by atoms with Crippen LogP contribution in [-0.4, -0.2) is 31.6 Å². The Morgan fingerprint density at radius 1 is 1.11 bits per heavy atom. The standard InChI is InChI=1S/C16H22N2S/c1-14-6-3-4-8-16(14)17-10-12-18(2)11-9-15-7-5-13-19-15/h3-8,13,17H,9-12H2,1-2H3. The lowest BCUT2D eigenvalue weighted by atomic mass is 10.2. The van der Waals surface area contributed by atoms with E-state index in [9.17, 15) is 0 Å². The van der Waals surface area contributed by atoms with Gasteiger partial charge in [-0.05, 0) is 43.5 Å². The van der Waals surface area contributed by atoms with Gasteiger partial charge >= 0.3 is 0 Å². The second-order valence-electron chi connectivity index (χ2n) is 4.87. The van der Waals surface area contributed by atoms with E-state index in [0.717, 1.165) is 26.1 Å². The Morgan fingerprint density at radius 2 is 1.95 bits per heavy atom. The van der Waals surface area contributed by atoms with Gasteiger partial charge in [-0.1, -0.05) is 24.3 Å². The highest BCUT2D eigenvalue weighted by Gasteiger charge is 2.01. The number of likely N-dealkylation sites (N-methyl/N-ethyl adjacent to an activating group) is 1. The number of aryl methyl sites for hydroxylation is 1. The molecule has 0 saturated carbocycles. The number of nitrogens with zero attached hydrogens (tertiary/aromatic N) is 1. The van der Waals surface area contributed by atoms with Gasteiger partial charge in [0.05, 0.1) is 0 Å². The molecule has 0 fully saturated rings. The van der Waals surface area contributed by atoms with Crippen molar-refractivity contribution in [3.05, 3.63) is 52.2 Å². The van der Waals surface area contributed by atoms with Gasteiger partial charge in [-0.15, -0.1) is 11.3 Å². The number of rotatable bonds is 7. The third kappa shape index (κ3) is 4.69. The second kappa shape index (κ2) is 7.31. The van der Waals surface area contributed by atoms with Gasteiger partial charge in [0.1, 0.15) is 0 Å². The van der Waals surface area contributed by atoms with E-state index < -0.39 is 0 Å². The van der Waals surface area contributed by atoms with Gasteiger partial charge in [0, 0.05) is 30.2 Å². The molecule has 0 bridgehead atoms. The molecule has 0 radical (unpaired) electrons. The fraction of sp³-hybridized carbons (Fsp3) is 0.375. The van der Waals surface area contributed by atoms with Crippen LogP contribution in [0.1, 0.15) is 10.4 Å². The first-order chi connectivity index (χ1) is 9.25. The molecular formula is C16H22N2S. The van der Waals surface area contributed by atoms with E-state index in [1.54, 1.807) is 0 Å². The van der Waals surface area contributed by atoms with Crippen LogP contribution in [0.4, 0.5) is 5.69 Å². The number of thiophene rings is 1. The van der Waals surface area contributed by atoms with Crippen molar-refractivity contribution in [2.75, 3.05) is 32.0 Å². The Balaban J connectivity index is 1.66. The smallest absolute Gasteiger partial charge is 0.0370 e. The van der Waals surface area contributed by atoms with Crippen LogP contribution < -0.4 is 5.32 Å². The summed E-state index contributed by atoms with van der Waals surface area (Å²) in [6.07, 6.45) is 1.15. The molecule has 19 heavy (non-hydrogen) atoms. The Hall–Kier alpha value is -1.32. The molecule has 0 spiro atoms. The van der Waals surface area contributed by atoms with Gasteiger partial charge < -0.3 is 10.2 Å². The number of hydrogen-bond acceptors (Lipinski definition) is 3. The van der Waals surface area contributed by atoms with E-state index in [2.05, 4.69) is 66.0 Å². The Kier molecular flexibility index (Phi) is 5.43. The zero-order valence-corrected chi connectivity index (χ0v) is 12.5. The van der Waals surface area contributed by atoms with E-state index in [4.69, 9.17) is 0 Å². The molecule has 0 aliphatic rings. The highest BCUT2D eigenvalue weighted by molar-refractivity contribution is 7.09. The number of nitrogens with one attached hydrogen (secondary N) is 1. The summed E-state index contributed by atoms with van der Waals surface area (Å²) in [5, 5.41) is 5.65. The summed E-state index contributed by atoms with van der Waals surface area (Å²) in [4.78, 5) is 3.85. The van der Waals surface area contributed by atoms with E-state index >= 15 is 0 Å². The number of anilines is 1. The van der Waals surface area contributed by atoms with E-state index in [-0.39, 0.29) is 0 Å². The van der Waals surface area contributed by atoms with Crippen molar-refractivity contribution >= 4 is 17.0 Å². The quantitative estimate of drug-likeness (QED) is 0.829. The lowest BCUT2D eigenvalue weighted by Gasteiger charge is -2.17. The van der Waals surface area contributed by atoms with Crippen molar-refractivity contribution in [1.29, 1.82) is 0 Å². The molecule has 2 aromatic rings. The third-order valence-corrected chi connectivity index (χ3v) is 4.21. The minimum Gasteiger partial charge on any atom is -0.384 e. The molecule has 1 heterocycles. The maximum absolute atomic E-state index is 3.50. The van der Waals surface area contributed by atoms with Crippen LogP contribution in [0, 0.1) is 6.92 Å². The zero-order chi connectivity index (χ0) is 13.5. The largest absolute Gasteiger partial charge is 0.384 e. The highest BCUT2D eigenvalue weighted by atomic mass is 32.1. The molecule has 1 aromatic carbocycles. The van der Waals surface area contributed by atoms with Gasteiger partial charge in [0.25, 0.3) is 0 Å². The van der Waals surface area contributed by atoms with Crippen LogP contribution in [0.3, 0.4) is 0 Å². The summed E-state index contributed by atoms with van der Waals surface area (Å²) in [6.45, 7) is 5.32. The van der Waals surface area contributed by atoms with Crippen molar-refractivity contribution in [3.63, 3.8) is 0 Å². The topological polar surface area (TPSA) is 15.3 Å². The first kappa shape index (κ1) is 14.1. The average Bonchev–Trinajstić information content (AvgIpc) is 2.92. The Bertz CT molecular complexity index is 479. The first-order valence-corrected chi connectivity index (χ1v) is 7.64. The number of para-hydroxylation sites is 1. The molecule has 2 nitrogen and oxygen atoms in total. The Morgan fingerprint density at radius 3 is 2.68 bits per heavy atom. The number of hydrogen-bond donors (Lipinski definition) is 1. The van der Waals surface area contributed by atoms with Crippen LogP contribution in [0.25, 0.3) is 0 Å². The third-order valence-electron chi connectivity index (χ3n) is 3.27. The first-order valence-electron chi connectivity index (χ1n) is 6.76. The summed E-state index contributed by atoms with van der Waals surface area (Å²) in [5.74, 6) is 0. The highest BCUT2D eigenvalue weighted by Crippen LogP contribution is 2.12. The number of benzene rings is 1. The van der Waals surface area contributed by atoms with E-state index in [1.807, 2.05) is 11.3 Å². The van der Waals surface area contributed by atoms with Crippen LogP contribution in [0.15, 0.2) is 41.8 Å². The summed E-state index contributed by atoms with van der Waals surface area (Å²) >= 11 is 1.85. The van der Waals surface area contributed by atoms with Crippen LogP contribution in [0.2, 0.25) is 0 Å². The lowest BCUT2D eigenvalue weighted by Crippen LogP contribution is -2.27. The van der Waals surface area contributed by atoms with Gasteiger partial charge in [-0.25, -0.2) is 0 Å².